The van der Waals surface area contributed by atoms with E-state index in [2.05, 4.69) is 21.3 Å². The maximum absolute atomic E-state index is 12.0. The van der Waals surface area contributed by atoms with Crippen LogP contribution in [0.3, 0.4) is 0 Å². The summed E-state index contributed by atoms with van der Waals surface area (Å²) < 4.78 is 0. The molecular formula is C20H22N4O3. The van der Waals surface area contributed by atoms with E-state index in [9.17, 15) is 14.4 Å². The van der Waals surface area contributed by atoms with Crippen molar-refractivity contribution in [2.45, 2.75) is 18.9 Å². The summed E-state index contributed by atoms with van der Waals surface area (Å²) in [5.41, 5.74) is 1.61. The average Bonchev–Trinajstić information content (AvgIpc) is 3.50. The quantitative estimate of drug-likeness (QED) is 0.565. The van der Waals surface area contributed by atoms with E-state index < -0.39 is 6.03 Å². The predicted molar refractivity (Wildman–Crippen MR) is 103 cm³/mol. The number of nitrogens with one attached hydrogen (secondary N) is 4. The number of urea groups is 1. The Hall–Kier alpha value is -3.35. The smallest absolute Gasteiger partial charge is 0.319 e. The number of carbonyl (C=O) groups excluding carboxylic acids is 3. The predicted octanol–water partition coefficient (Wildman–Crippen LogP) is 2.13. The zero-order valence-electron chi connectivity index (χ0n) is 14.8. The monoisotopic (exact) mass is 366 g/mol. The molecule has 1 aliphatic carbocycles. The summed E-state index contributed by atoms with van der Waals surface area (Å²) in [6, 6.07) is 15.5. The molecule has 0 radical (unpaired) electrons. The van der Waals surface area contributed by atoms with Gasteiger partial charge in [0.15, 0.2) is 0 Å². The zero-order valence-corrected chi connectivity index (χ0v) is 14.8. The second-order valence-corrected chi connectivity index (χ2v) is 6.33. The molecule has 1 fully saturated rings. The molecular weight excluding hydrogens is 344 g/mol. The average molecular weight is 366 g/mol. The number of carbonyl (C=O) groups is 3. The topological polar surface area (TPSA) is 99.3 Å². The van der Waals surface area contributed by atoms with Gasteiger partial charge in [-0.15, -0.1) is 0 Å². The van der Waals surface area contributed by atoms with Crippen molar-refractivity contribution >= 4 is 23.5 Å². The lowest BCUT2D eigenvalue weighted by Crippen LogP contribution is -2.36. The molecule has 7 nitrogen and oxygen atoms in total. The van der Waals surface area contributed by atoms with Gasteiger partial charge in [0.2, 0.25) is 0 Å². The molecule has 0 aliphatic heterocycles. The van der Waals surface area contributed by atoms with Crippen LogP contribution < -0.4 is 21.3 Å². The van der Waals surface area contributed by atoms with Gasteiger partial charge in [-0.05, 0) is 43.2 Å². The normalized spacial score (nSPS) is 12.7. The van der Waals surface area contributed by atoms with Crippen molar-refractivity contribution in [3.05, 3.63) is 65.7 Å². The minimum Gasteiger partial charge on any atom is -0.350 e. The molecule has 1 aliphatic rings. The first-order valence-corrected chi connectivity index (χ1v) is 8.91. The molecule has 0 aromatic heterocycles. The molecule has 140 valence electrons. The van der Waals surface area contributed by atoms with Crippen LogP contribution in [0.25, 0.3) is 0 Å². The van der Waals surface area contributed by atoms with E-state index in [4.69, 9.17) is 0 Å². The highest BCUT2D eigenvalue weighted by Crippen LogP contribution is 2.20. The third-order valence-electron chi connectivity index (χ3n) is 4.03. The molecule has 0 unspecified atom stereocenters. The largest absolute Gasteiger partial charge is 0.350 e. The fourth-order valence-corrected chi connectivity index (χ4v) is 2.45. The Labute approximate surface area is 157 Å². The molecule has 0 saturated heterocycles. The van der Waals surface area contributed by atoms with Gasteiger partial charge in [-0.25, -0.2) is 4.79 Å². The molecule has 0 atom stereocenters. The van der Waals surface area contributed by atoms with E-state index in [0.717, 1.165) is 12.8 Å². The van der Waals surface area contributed by atoms with Gasteiger partial charge in [0.1, 0.15) is 0 Å². The molecule has 7 heteroatoms. The van der Waals surface area contributed by atoms with Crippen LogP contribution >= 0.6 is 0 Å². The van der Waals surface area contributed by atoms with Gasteiger partial charge < -0.3 is 21.3 Å². The molecule has 0 spiro atoms. The molecule has 2 aromatic carbocycles. The Balaban J connectivity index is 1.40. The lowest BCUT2D eigenvalue weighted by Gasteiger charge is -2.10. The van der Waals surface area contributed by atoms with Crippen LogP contribution in [0.1, 0.15) is 33.6 Å². The van der Waals surface area contributed by atoms with Gasteiger partial charge in [0.05, 0.1) is 0 Å². The van der Waals surface area contributed by atoms with Crippen molar-refractivity contribution < 1.29 is 14.4 Å². The Bertz CT molecular complexity index is 819. The number of amides is 4. The SMILES string of the molecule is O=C(NCCNC(=O)c1ccccc1)Nc1cccc(C(=O)NC2CC2)c1. The summed E-state index contributed by atoms with van der Waals surface area (Å²) in [6.07, 6.45) is 2.04. The number of rotatable bonds is 7. The number of anilines is 1. The third-order valence-corrected chi connectivity index (χ3v) is 4.03. The maximum atomic E-state index is 12.0. The first kappa shape index (κ1) is 18.4. The Kier molecular flexibility index (Phi) is 6.04. The fraction of sp³-hybridized carbons (Fsp3) is 0.250. The van der Waals surface area contributed by atoms with E-state index in [1.54, 1.807) is 48.5 Å². The van der Waals surface area contributed by atoms with Gasteiger partial charge in [0, 0.05) is 35.9 Å². The summed E-state index contributed by atoms with van der Waals surface area (Å²) in [5, 5.41) is 11.0. The summed E-state index contributed by atoms with van der Waals surface area (Å²) >= 11 is 0. The molecule has 0 heterocycles. The fourth-order valence-electron chi connectivity index (χ4n) is 2.45. The number of hydrogen-bond donors (Lipinski definition) is 4. The van der Waals surface area contributed by atoms with E-state index in [-0.39, 0.29) is 24.4 Å². The van der Waals surface area contributed by atoms with Crippen molar-refractivity contribution in [2.24, 2.45) is 0 Å². The van der Waals surface area contributed by atoms with Crippen LogP contribution in [0, 0.1) is 0 Å². The van der Waals surface area contributed by atoms with Gasteiger partial charge in [0.25, 0.3) is 11.8 Å². The van der Waals surface area contributed by atoms with Crippen molar-refractivity contribution in [1.29, 1.82) is 0 Å². The lowest BCUT2D eigenvalue weighted by atomic mass is 10.2. The highest BCUT2D eigenvalue weighted by molar-refractivity contribution is 5.97. The second kappa shape index (κ2) is 8.84. The van der Waals surface area contributed by atoms with Crippen molar-refractivity contribution in [2.75, 3.05) is 18.4 Å². The van der Waals surface area contributed by atoms with Crippen molar-refractivity contribution in [3.63, 3.8) is 0 Å². The van der Waals surface area contributed by atoms with Gasteiger partial charge in [-0.2, -0.15) is 0 Å². The first-order chi connectivity index (χ1) is 13.1. The third kappa shape index (κ3) is 5.85. The van der Waals surface area contributed by atoms with Crippen LogP contribution in [0.5, 0.6) is 0 Å². The Morgan fingerprint density at radius 2 is 1.52 bits per heavy atom. The summed E-state index contributed by atoms with van der Waals surface area (Å²) in [7, 11) is 0. The minimum absolute atomic E-state index is 0.134. The molecule has 1 saturated carbocycles. The van der Waals surface area contributed by atoms with Crippen LogP contribution in [0.2, 0.25) is 0 Å². The molecule has 3 rings (SSSR count). The standard InChI is InChI=1S/C20H22N4O3/c25-18(14-5-2-1-3-6-14)21-11-12-22-20(27)24-17-8-4-7-15(13-17)19(26)23-16-9-10-16/h1-8,13,16H,9-12H2,(H,21,25)(H,23,26)(H2,22,24,27). The van der Waals surface area contributed by atoms with Crippen LogP contribution in [-0.2, 0) is 0 Å². The summed E-state index contributed by atoms with van der Waals surface area (Å²) in [5.74, 6) is -0.322. The zero-order chi connectivity index (χ0) is 19.1. The van der Waals surface area contributed by atoms with E-state index in [1.807, 2.05) is 6.07 Å². The number of hydrogen-bond acceptors (Lipinski definition) is 3. The van der Waals surface area contributed by atoms with Crippen molar-refractivity contribution in [1.82, 2.24) is 16.0 Å². The van der Waals surface area contributed by atoms with E-state index in [1.165, 1.54) is 0 Å². The molecule has 2 aromatic rings. The Morgan fingerprint density at radius 1 is 0.815 bits per heavy atom. The highest BCUT2D eigenvalue weighted by atomic mass is 16.2. The van der Waals surface area contributed by atoms with E-state index in [0.29, 0.717) is 23.4 Å². The van der Waals surface area contributed by atoms with Crippen LogP contribution in [0.4, 0.5) is 10.5 Å². The Morgan fingerprint density at radius 3 is 2.26 bits per heavy atom. The van der Waals surface area contributed by atoms with Crippen molar-refractivity contribution in [3.8, 4) is 0 Å². The summed E-state index contributed by atoms with van der Waals surface area (Å²) in [6.45, 7) is 0.594. The molecule has 4 amide bonds. The number of benzene rings is 2. The molecule has 4 N–H and O–H groups in total. The van der Waals surface area contributed by atoms with E-state index >= 15 is 0 Å². The van der Waals surface area contributed by atoms with Gasteiger partial charge >= 0.3 is 6.03 Å². The minimum atomic E-state index is -0.399. The molecule has 27 heavy (non-hydrogen) atoms. The highest BCUT2D eigenvalue weighted by Gasteiger charge is 2.23. The van der Waals surface area contributed by atoms with Gasteiger partial charge in [-0.3, -0.25) is 9.59 Å². The molecule has 0 bridgehead atoms. The van der Waals surface area contributed by atoms with Gasteiger partial charge in [-0.1, -0.05) is 24.3 Å². The maximum Gasteiger partial charge on any atom is 0.319 e. The van der Waals surface area contributed by atoms with Crippen LogP contribution in [-0.4, -0.2) is 37.0 Å². The second-order valence-electron chi connectivity index (χ2n) is 6.33. The van der Waals surface area contributed by atoms with Crippen LogP contribution in [0.15, 0.2) is 54.6 Å². The first-order valence-electron chi connectivity index (χ1n) is 8.91. The summed E-state index contributed by atoms with van der Waals surface area (Å²) in [4.78, 5) is 35.9. The lowest BCUT2D eigenvalue weighted by molar-refractivity contribution is 0.0944.